The van der Waals surface area contributed by atoms with Crippen LogP contribution in [0.4, 0.5) is 4.39 Å². The summed E-state index contributed by atoms with van der Waals surface area (Å²) in [6, 6.07) is 5.05. The molecule has 37 heavy (non-hydrogen) atoms. The molecule has 0 N–H and O–H groups in total. The predicted octanol–water partition coefficient (Wildman–Crippen LogP) is 2.92. The van der Waals surface area contributed by atoms with Gasteiger partial charge in [0, 0.05) is 49.8 Å². The third kappa shape index (κ3) is 7.30. The summed E-state index contributed by atoms with van der Waals surface area (Å²) in [5.41, 5.74) is 1.38. The quantitative estimate of drug-likeness (QED) is 0.190. The van der Waals surface area contributed by atoms with Crippen molar-refractivity contribution in [2.45, 2.75) is 87.6 Å². The van der Waals surface area contributed by atoms with Gasteiger partial charge in [0.1, 0.15) is 12.4 Å². The molecule has 1 heterocycles. The normalized spacial score (nSPS) is 20.6. The molecule has 5 rings (SSSR count). The summed E-state index contributed by atoms with van der Waals surface area (Å²) in [6.07, 6.45) is 6.00. The van der Waals surface area contributed by atoms with Gasteiger partial charge in [-0.1, -0.05) is 19.6 Å². The smallest absolute Gasteiger partial charge is 0.512 e. The summed E-state index contributed by atoms with van der Waals surface area (Å²) in [4.78, 5) is 5.03. The molecule has 1 aromatic carbocycles. The molecule has 0 amide bonds. The molecular formula is C27H37FKN3O3SSi. The molecule has 2 unspecified atom stereocenters. The maximum absolute atomic E-state index is 14.9. The minimum Gasteiger partial charge on any atom is -0.512 e. The zero-order valence-corrected chi connectivity index (χ0v) is 27.9. The van der Waals surface area contributed by atoms with Crippen molar-refractivity contribution in [3.63, 3.8) is 0 Å². The Morgan fingerprint density at radius 1 is 1.24 bits per heavy atom. The Hall–Kier alpha value is -0.227. The third-order valence-electron chi connectivity index (χ3n) is 7.27. The number of nitrogens with zero attached hydrogens (tertiary/aromatic N) is 3. The number of fused-ring (bicyclic) bond motifs is 4. The minimum atomic E-state index is -3.98. The van der Waals surface area contributed by atoms with Gasteiger partial charge in [-0.2, -0.15) is 4.31 Å². The van der Waals surface area contributed by atoms with E-state index in [2.05, 4.69) is 30.7 Å². The van der Waals surface area contributed by atoms with Crippen LogP contribution < -0.4 is 51.4 Å². The second-order valence-electron chi connectivity index (χ2n) is 12.4. The van der Waals surface area contributed by atoms with Crippen LogP contribution in [0.25, 0.3) is 10.8 Å². The topological polar surface area (TPSA) is 83.3 Å². The molecule has 10 heteroatoms. The van der Waals surface area contributed by atoms with Gasteiger partial charge in [0.05, 0.1) is 4.90 Å². The van der Waals surface area contributed by atoms with Crippen LogP contribution in [-0.2, 0) is 21.2 Å². The van der Waals surface area contributed by atoms with Gasteiger partial charge in [0.25, 0.3) is 0 Å². The monoisotopic (exact) mass is 569 g/mol. The van der Waals surface area contributed by atoms with Crippen molar-refractivity contribution < 1.29 is 68.9 Å². The van der Waals surface area contributed by atoms with E-state index in [1.54, 1.807) is 0 Å². The van der Waals surface area contributed by atoms with E-state index in [1.807, 2.05) is 12.3 Å². The van der Waals surface area contributed by atoms with E-state index < -0.39 is 23.8 Å². The molecule has 3 aliphatic rings. The van der Waals surface area contributed by atoms with E-state index in [-0.39, 0.29) is 64.7 Å². The van der Waals surface area contributed by atoms with Gasteiger partial charge in [0.15, 0.2) is 0 Å². The van der Waals surface area contributed by atoms with Crippen molar-refractivity contribution in [1.29, 1.82) is 5.26 Å². The number of rotatable bonds is 10. The number of hydrogen-bond donors (Lipinski definition) is 0. The number of ether oxygens (including phenoxy) is 1. The molecule has 0 saturated heterocycles. The zero-order valence-electron chi connectivity index (χ0n) is 23.0. The zero-order chi connectivity index (χ0) is 26.5. The first-order valence-corrected chi connectivity index (χ1v) is 17.9. The fourth-order valence-corrected chi connectivity index (χ4v) is 7.93. The SMILES string of the molecule is CC(C)(F)CN(COCC[Si](C)(C)C)S(=O)(=O)c1c2c(cc3cnc(C4CC4)cc13)CC1CC21.[C-]#N.[K+]. The van der Waals surface area contributed by atoms with Gasteiger partial charge in [-0.25, -0.2) is 12.8 Å². The number of sulfonamides is 1. The Morgan fingerprint density at radius 3 is 2.51 bits per heavy atom. The molecule has 3 aliphatic carbocycles. The summed E-state index contributed by atoms with van der Waals surface area (Å²) < 4.78 is 50.6. The number of pyridine rings is 1. The number of hydrogen-bond acceptors (Lipinski definition) is 5. The summed E-state index contributed by atoms with van der Waals surface area (Å²) in [7, 11) is -5.30. The van der Waals surface area contributed by atoms with E-state index in [0.717, 1.165) is 59.3 Å². The van der Waals surface area contributed by atoms with Crippen molar-refractivity contribution in [2.24, 2.45) is 5.92 Å². The predicted molar refractivity (Wildman–Crippen MR) is 141 cm³/mol. The Bertz CT molecular complexity index is 1270. The average Bonchev–Trinajstić information content (AvgIpc) is 3.71. The molecule has 6 nitrogen and oxygen atoms in total. The van der Waals surface area contributed by atoms with Gasteiger partial charge < -0.3 is 16.6 Å². The van der Waals surface area contributed by atoms with Crippen LogP contribution in [0.5, 0.6) is 0 Å². The summed E-state index contributed by atoms with van der Waals surface area (Å²) >= 11 is 0. The van der Waals surface area contributed by atoms with Crippen molar-refractivity contribution in [1.82, 2.24) is 9.29 Å². The van der Waals surface area contributed by atoms with Crippen LogP contribution in [0.2, 0.25) is 25.7 Å². The fourth-order valence-electron chi connectivity index (χ4n) is 5.21. The molecule has 0 radical (unpaired) electrons. The van der Waals surface area contributed by atoms with Gasteiger partial charge in [-0.15, -0.1) is 0 Å². The Morgan fingerprint density at radius 2 is 1.92 bits per heavy atom. The molecule has 2 fully saturated rings. The molecule has 0 aliphatic heterocycles. The van der Waals surface area contributed by atoms with Crippen LogP contribution in [0.1, 0.15) is 61.8 Å². The standard InChI is InChI=1S/C26H37FN2O3SSi.CN.K/c1-26(2,27)15-29(16-32-8-9-34(3,4)5)33(30,31)25-22-13-23(17-6-7-17)28-14-20(22)11-19-10-18-12-21(18)24(19)25;1-2;/h11,13-14,17-18,21H,6-10,12,15-16H2,1-5H3;;/q;-1;+1. The van der Waals surface area contributed by atoms with Crippen LogP contribution >= 0.6 is 0 Å². The second-order valence-corrected chi connectivity index (χ2v) is 19.9. The molecule has 2 aromatic rings. The summed E-state index contributed by atoms with van der Waals surface area (Å²) in [5, 5.41) is 7.86. The first-order chi connectivity index (χ1) is 16.8. The third-order valence-corrected chi connectivity index (χ3v) is 10.8. The minimum absolute atomic E-state index is 0. The molecule has 2 saturated carbocycles. The van der Waals surface area contributed by atoms with Crippen molar-refractivity contribution in [2.75, 3.05) is 19.9 Å². The molecular weight excluding hydrogens is 533 g/mol. The van der Waals surface area contributed by atoms with Gasteiger partial charge in [-0.05, 0) is 80.7 Å². The first-order valence-electron chi connectivity index (χ1n) is 12.8. The molecule has 196 valence electrons. The molecule has 0 spiro atoms. The number of aromatic nitrogens is 1. The largest absolute Gasteiger partial charge is 1.00 e. The van der Waals surface area contributed by atoms with E-state index in [0.29, 0.717) is 29.3 Å². The maximum Gasteiger partial charge on any atom is 1.00 e. The van der Waals surface area contributed by atoms with Gasteiger partial charge in [0.2, 0.25) is 10.0 Å². The Labute approximate surface area is 264 Å². The van der Waals surface area contributed by atoms with Crippen LogP contribution in [0, 0.1) is 17.8 Å². The van der Waals surface area contributed by atoms with Crippen LogP contribution in [0.15, 0.2) is 23.2 Å². The van der Waals surface area contributed by atoms with Crippen LogP contribution in [-0.4, -0.2) is 51.3 Å². The number of benzene rings is 1. The van der Waals surface area contributed by atoms with Crippen molar-refractivity contribution >= 4 is 28.9 Å². The van der Waals surface area contributed by atoms with Gasteiger partial charge in [-0.3, -0.25) is 4.98 Å². The van der Waals surface area contributed by atoms with E-state index in [9.17, 15) is 12.8 Å². The molecule has 1 aromatic heterocycles. The van der Waals surface area contributed by atoms with E-state index >= 15 is 0 Å². The van der Waals surface area contributed by atoms with Crippen molar-refractivity contribution in [3.05, 3.63) is 41.7 Å². The van der Waals surface area contributed by atoms with Crippen LogP contribution in [0.3, 0.4) is 0 Å². The molecule has 2 atom stereocenters. The number of halogens is 1. The number of alkyl halides is 1. The Balaban J connectivity index is 0.00000124. The average molecular weight is 570 g/mol. The Kier molecular flexibility index (Phi) is 9.91. The van der Waals surface area contributed by atoms with Crippen molar-refractivity contribution in [3.8, 4) is 0 Å². The van der Waals surface area contributed by atoms with Gasteiger partial charge >= 0.3 is 51.4 Å². The fraction of sp³-hybridized carbons (Fsp3) is 0.630. The van der Waals surface area contributed by atoms with E-state index in [4.69, 9.17) is 16.6 Å². The summed E-state index contributed by atoms with van der Waals surface area (Å²) in [5.74, 6) is 1.26. The maximum atomic E-state index is 14.9. The first kappa shape index (κ1) is 31.3. The summed E-state index contributed by atoms with van der Waals surface area (Å²) in [6.45, 7) is 14.5. The molecule has 0 bridgehead atoms. The second kappa shape index (κ2) is 11.7. The van der Waals surface area contributed by atoms with E-state index in [1.165, 1.54) is 18.2 Å².